The summed E-state index contributed by atoms with van der Waals surface area (Å²) in [6, 6.07) is 169. The number of rotatable bonds is 11. The Morgan fingerprint density at radius 1 is 0.117 bits per heavy atom. The summed E-state index contributed by atoms with van der Waals surface area (Å²) in [6.07, 6.45) is 0. The molecule has 0 spiro atoms. The van der Waals surface area contributed by atoms with E-state index in [0.29, 0.717) is 0 Å². The first-order valence-corrected chi connectivity index (χ1v) is 44.4. The van der Waals surface area contributed by atoms with E-state index in [1.54, 1.807) is 0 Å². The lowest BCUT2D eigenvalue weighted by Crippen LogP contribution is -1.96. The maximum atomic E-state index is 2.57. The van der Waals surface area contributed by atoms with Crippen LogP contribution in [0.15, 0.2) is 449 Å². The van der Waals surface area contributed by atoms with Crippen molar-refractivity contribution in [2.24, 2.45) is 0 Å². The number of para-hydroxylation sites is 4. The summed E-state index contributed by atoms with van der Waals surface area (Å²) >= 11 is 0. The Hall–Kier alpha value is -16.9. The number of hydrogen-bond donors (Lipinski definition) is 0. The lowest BCUT2D eigenvalue weighted by Gasteiger charge is -2.15. The van der Waals surface area contributed by atoms with E-state index in [0.717, 1.165) is 50.5 Å². The quantitative estimate of drug-likeness (QED) is 0.123. The summed E-state index contributed by atoms with van der Waals surface area (Å²) < 4.78 is 9.92. The largest absolute Gasteiger partial charge is 0.309 e. The Kier molecular flexibility index (Phi) is 15.1. The molecule has 590 valence electrons. The van der Waals surface area contributed by atoms with Gasteiger partial charge in [-0.05, 0) is 264 Å². The van der Waals surface area contributed by atoms with Gasteiger partial charge in [0.05, 0.1) is 44.1 Å². The highest BCUT2D eigenvalue weighted by molar-refractivity contribution is 6.28. The molecule has 128 heavy (non-hydrogen) atoms. The molecule has 22 aromatic carbocycles. The normalized spacial score (nSPS) is 12.2. The molecule has 0 N–H and O–H groups in total. The number of hydrogen-bond acceptors (Lipinski definition) is 0. The van der Waals surface area contributed by atoms with E-state index in [1.807, 2.05) is 0 Å². The minimum atomic E-state index is 1.10. The standard InChI is InChI=1S/C124H74N4/c1-3-24-90(25-4-1)125-114-37-13-11-31-99(114)101-61-54-88(73-117(101)125)89-71-113(122-109-63-50-81-20-8-10-30-95(81)124(109)128(119(122)74-89)92-56-47-76(48-57-92)75-39-41-78(42-40-75)84-51-58-96-103-33-16-21-82-22-17-34-106(120(82)103)110(96)68-84)98-64-65-107-111-69-85(52-59-97(111)104-35-18-36-105(98)121(104)107)79-45-43-77(44-46-79)83-23-15-28-93(67-83)126-115-38-14-12-32-100(115)102-60-53-87(72-118(102)126)86-55-66-116-112(70-86)108-62-49-80-19-7-9-29-94(80)123(108)127(116)91-26-5-2-6-27-91/h1-74H. The predicted molar refractivity (Wildman–Crippen MR) is 541 cm³/mol. The molecular weight excluding hydrogens is 1550 g/mol. The van der Waals surface area contributed by atoms with Gasteiger partial charge in [0.25, 0.3) is 0 Å². The van der Waals surface area contributed by atoms with Crippen LogP contribution in [0.5, 0.6) is 0 Å². The Morgan fingerprint density at radius 2 is 0.477 bits per heavy atom. The van der Waals surface area contributed by atoms with Crippen LogP contribution < -0.4 is 0 Å². The van der Waals surface area contributed by atoms with Crippen LogP contribution in [0.25, 0.3) is 275 Å². The first-order valence-electron chi connectivity index (χ1n) is 44.4. The third kappa shape index (κ3) is 10.5. The predicted octanol–water partition coefficient (Wildman–Crippen LogP) is 33.7. The number of benzene rings is 22. The van der Waals surface area contributed by atoms with Gasteiger partial charge in [0.15, 0.2) is 0 Å². The minimum absolute atomic E-state index is 1.10. The van der Waals surface area contributed by atoms with Gasteiger partial charge in [-0.15, -0.1) is 0 Å². The molecule has 4 aromatic heterocycles. The summed E-state index contributed by atoms with van der Waals surface area (Å²) in [4.78, 5) is 0. The summed E-state index contributed by atoms with van der Waals surface area (Å²) in [5.74, 6) is 0. The van der Waals surface area contributed by atoms with Crippen molar-refractivity contribution >= 4 is 130 Å². The lowest BCUT2D eigenvalue weighted by atomic mass is 9.89. The molecular formula is C124H74N4. The van der Waals surface area contributed by atoms with Crippen molar-refractivity contribution in [3.8, 4) is 145 Å². The zero-order valence-electron chi connectivity index (χ0n) is 69.5. The van der Waals surface area contributed by atoms with Crippen molar-refractivity contribution in [1.29, 1.82) is 0 Å². The second kappa shape index (κ2) is 27.3. The third-order valence-corrected chi connectivity index (χ3v) is 28.2. The summed E-state index contributed by atoms with van der Waals surface area (Å²) in [5, 5.41) is 19.9. The van der Waals surface area contributed by atoms with Crippen LogP contribution in [-0.2, 0) is 0 Å². The first-order chi connectivity index (χ1) is 63.5. The van der Waals surface area contributed by atoms with Gasteiger partial charge in [-0.1, -0.05) is 340 Å². The van der Waals surface area contributed by atoms with E-state index < -0.39 is 0 Å². The van der Waals surface area contributed by atoms with Crippen LogP contribution in [0.1, 0.15) is 0 Å². The third-order valence-electron chi connectivity index (χ3n) is 28.2. The Balaban J connectivity index is 0.544. The smallest absolute Gasteiger partial charge is 0.0619 e. The molecule has 28 rings (SSSR count). The van der Waals surface area contributed by atoms with Crippen LogP contribution in [0.4, 0.5) is 0 Å². The molecule has 2 aliphatic carbocycles. The topological polar surface area (TPSA) is 19.7 Å². The highest BCUT2D eigenvalue weighted by Crippen LogP contribution is 2.55. The van der Waals surface area contributed by atoms with E-state index in [2.05, 4.69) is 467 Å². The molecule has 0 fully saturated rings. The summed E-state index contributed by atoms with van der Waals surface area (Å²) in [5.41, 5.74) is 40.8. The van der Waals surface area contributed by atoms with Gasteiger partial charge in [0, 0.05) is 76.6 Å². The average molecular weight is 1620 g/mol. The van der Waals surface area contributed by atoms with Crippen LogP contribution in [-0.4, -0.2) is 18.3 Å². The number of fused-ring (bicyclic) bond motifs is 22. The number of nitrogens with zero attached hydrogens (tertiary/aromatic N) is 4. The monoisotopic (exact) mass is 1620 g/mol. The number of aromatic nitrogens is 4. The Bertz CT molecular complexity index is 9270. The maximum absolute atomic E-state index is 2.57. The second-order valence-electron chi connectivity index (χ2n) is 34.9. The van der Waals surface area contributed by atoms with E-state index in [-0.39, 0.29) is 0 Å². The van der Waals surface area contributed by atoms with Crippen molar-refractivity contribution in [2.45, 2.75) is 0 Å². The molecule has 0 aliphatic heterocycles. The summed E-state index contributed by atoms with van der Waals surface area (Å²) in [7, 11) is 0. The van der Waals surface area contributed by atoms with E-state index in [9.17, 15) is 0 Å². The van der Waals surface area contributed by atoms with Gasteiger partial charge < -0.3 is 18.3 Å². The van der Waals surface area contributed by atoms with Gasteiger partial charge in [0.1, 0.15) is 0 Å². The highest BCUT2D eigenvalue weighted by Gasteiger charge is 2.29. The van der Waals surface area contributed by atoms with Crippen molar-refractivity contribution in [2.75, 3.05) is 0 Å². The van der Waals surface area contributed by atoms with Crippen molar-refractivity contribution in [3.63, 3.8) is 0 Å². The molecule has 0 saturated heterocycles. The molecule has 4 heteroatoms. The molecule has 26 aromatic rings. The molecule has 2 aliphatic rings. The van der Waals surface area contributed by atoms with E-state index >= 15 is 0 Å². The van der Waals surface area contributed by atoms with Crippen LogP contribution >= 0.6 is 0 Å². The van der Waals surface area contributed by atoms with Gasteiger partial charge in [-0.3, -0.25) is 0 Å². The van der Waals surface area contributed by atoms with Gasteiger partial charge >= 0.3 is 0 Å². The van der Waals surface area contributed by atoms with Crippen LogP contribution in [0.3, 0.4) is 0 Å². The van der Waals surface area contributed by atoms with E-state index in [1.165, 1.54) is 225 Å². The van der Waals surface area contributed by atoms with Gasteiger partial charge in [0.2, 0.25) is 0 Å². The molecule has 0 bridgehead atoms. The molecule has 0 amide bonds. The van der Waals surface area contributed by atoms with Gasteiger partial charge in [-0.2, -0.15) is 0 Å². The molecule has 0 radical (unpaired) electrons. The Morgan fingerprint density at radius 3 is 1.10 bits per heavy atom. The highest BCUT2D eigenvalue weighted by atomic mass is 15.0. The molecule has 4 heterocycles. The molecule has 0 unspecified atom stereocenters. The Labute approximate surface area is 737 Å². The average Bonchev–Trinajstić information content (AvgIpc) is 1.45. The maximum Gasteiger partial charge on any atom is 0.0619 e. The van der Waals surface area contributed by atoms with Crippen molar-refractivity contribution in [3.05, 3.63) is 449 Å². The molecule has 4 nitrogen and oxygen atoms in total. The summed E-state index contributed by atoms with van der Waals surface area (Å²) in [6.45, 7) is 0. The fraction of sp³-hybridized carbons (Fsp3) is 0. The zero-order valence-corrected chi connectivity index (χ0v) is 69.5. The van der Waals surface area contributed by atoms with Crippen LogP contribution in [0, 0.1) is 0 Å². The minimum Gasteiger partial charge on any atom is -0.309 e. The van der Waals surface area contributed by atoms with E-state index in [4.69, 9.17) is 0 Å². The lowest BCUT2D eigenvalue weighted by molar-refractivity contribution is 1.18. The van der Waals surface area contributed by atoms with Crippen molar-refractivity contribution < 1.29 is 0 Å². The first kappa shape index (κ1) is 70.6. The second-order valence-corrected chi connectivity index (χ2v) is 34.9. The van der Waals surface area contributed by atoms with Crippen LogP contribution in [0.2, 0.25) is 0 Å². The SMILES string of the molecule is c1ccc(-n2c3ccccc3c3ccc(-c4cc(-c5ccc6c7c(cccc57)-c5ccc(-c7ccc(-c8cccc(-n9c%10ccccc%10c%10ccc(-c%11ccc%12c(c%11)c%11ccc%13ccccc%13c%11n%12-c%11ccccc%11)cc%109)c8)cc7)cc5-6)c5c6ccc7ccccc7c6n(-c6ccc(-c7ccc(-c8ccc9c(c8)-c8cccc%10cccc-9c8%10)cc7)cc6)c5c4)cc32)cc1. The fourth-order valence-corrected chi connectivity index (χ4v) is 22.4. The molecule has 0 atom stereocenters. The zero-order chi connectivity index (χ0) is 83.5. The van der Waals surface area contributed by atoms with Gasteiger partial charge in [-0.25, -0.2) is 0 Å². The fourth-order valence-electron chi connectivity index (χ4n) is 22.4. The van der Waals surface area contributed by atoms with Crippen molar-refractivity contribution in [1.82, 2.24) is 18.3 Å². The molecule has 0 saturated carbocycles.